The molecule has 176 valence electrons. The summed E-state index contributed by atoms with van der Waals surface area (Å²) in [6, 6.07) is 15.3. The first-order valence-corrected chi connectivity index (χ1v) is 11.5. The summed E-state index contributed by atoms with van der Waals surface area (Å²) in [6.07, 6.45) is 3.46. The standard InChI is InChI=1S/C27H30N4O3/c1-4-31(5-2)13-12-28-26(32)19-14-20(29-17-19)16-23-25-22(10-7-11-24(25)30-27(23)33)18-8-6-9-21(15-18)34-3/h6-11,14-17,29H,4-5,12-13H2,1-3H3,(H,28,32)(H,30,33). The minimum atomic E-state index is -0.176. The average Bonchev–Trinajstić information content (AvgIpc) is 3.46. The zero-order valence-corrected chi connectivity index (χ0v) is 19.8. The van der Waals surface area contributed by atoms with Gasteiger partial charge in [-0.15, -0.1) is 0 Å². The number of hydrogen-bond donors (Lipinski definition) is 3. The van der Waals surface area contributed by atoms with Gasteiger partial charge < -0.3 is 25.3 Å². The molecule has 0 fully saturated rings. The Morgan fingerprint density at radius 3 is 2.68 bits per heavy atom. The van der Waals surface area contributed by atoms with E-state index < -0.39 is 0 Å². The maximum absolute atomic E-state index is 12.8. The number of hydrogen-bond acceptors (Lipinski definition) is 4. The van der Waals surface area contributed by atoms with Gasteiger partial charge in [0.05, 0.1) is 18.2 Å². The molecule has 0 bridgehead atoms. The number of methoxy groups -OCH3 is 1. The molecule has 4 rings (SSSR count). The average molecular weight is 459 g/mol. The Morgan fingerprint density at radius 2 is 1.91 bits per heavy atom. The number of nitrogens with one attached hydrogen (secondary N) is 3. The fraction of sp³-hybridized carbons (Fsp3) is 0.259. The molecule has 1 aliphatic heterocycles. The number of carbonyl (C=O) groups excluding carboxylic acids is 2. The van der Waals surface area contributed by atoms with E-state index in [1.807, 2.05) is 42.5 Å². The first-order chi connectivity index (χ1) is 16.5. The van der Waals surface area contributed by atoms with E-state index >= 15 is 0 Å². The normalized spacial score (nSPS) is 13.8. The maximum Gasteiger partial charge on any atom is 0.256 e. The van der Waals surface area contributed by atoms with Gasteiger partial charge in [-0.05, 0) is 54.6 Å². The van der Waals surface area contributed by atoms with E-state index in [2.05, 4.69) is 34.4 Å². The van der Waals surface area contributed by atoms with Crippen LogP contribution in [0.5, 0.6) is 5.75 Å². The number of anilines is 1. The van der Waals surface area contributed by atoms with E-state index in [1.165, 1.54) is 0 Å². The van der Waals surface area contributed by atoms with Crippen LogP contribution in [0.25, 0.3) is 22.8 Å². The fourth-order valence-corrected chi connectivity index (χ4v) is 4.17. The number of carbonyl (C=O) groups is 2. The second-order valence-corrected chi connectivity index (χ2v) is 8.10. The number of likely N-dealkylation sites (N-methyl/N-ethyl adjacent to an activating group) is 1. The highest BCUT2D eigenvalue weighted by atomic mass is 16.5. The summed E-state index contributed by atoms with van der Waals surface area (Å²) in [6.45, 7) is 7.51. The van der Waals surface area contributed by atoms with Crippen molar-refractivity contribution in [2.75, 3.05) is 38.6 Å². The third kappa shape index (κ3) is 4.89. The van der Waals surface area contributed by atoms with Crippen molar-refractivity contribution in [1.82, 2.24) is 15.2 Å². The van der Waals surface area contributed by atoms with Gasteiger partial charge in [-0.1, -0.05) is 38.1 Å². The van der Waals surface area contributed by atoms with Crippen LogP contribution in [-0.4, -0.2) is 55.0 Å². The Balaban J connectivity index is 1.58. The lowest BCUT2D eigenvalue weighted by Crippen LogP contribution is -2.34. The molecule has 3 aromatic rings. The van der Waals surface area contributed by atoms with Crippen molar-refractivity contribution in [3.8, 4) is 16.9 Å². The molecular weight excluding hydrogens is 428 g/mol. The van der Waals surface area contributed by atoms with Gasteiger partial charge in [0.15, 0.2) is 0 Å². The Labute approximate surface area is 199 Å². The van der Waals surface area contributed by atoms with Crippen molar-refractivity contribution in [2.45, 2.75) is 13.8 Å². The number of nitrogens with zero attached hydrogens (tertiary/aromatic N) is 1. The van der Waals surface area contributed by atoms with Gasteiger partial charge in [0.25, 0.3) is 11.8 Å². The highest BCUT2D eigenvalue weighted by molar-refractivity contribution is 6.36. The third-order valence-electron chi connectivity index (χ3n) is 6.08. The number of amides is 2. The Bertz CT molecular complexity index is 1220. The van der Waals surface area contributed by atoms with Gasteiger partial charge in [0.1, 0.15) is 5.75 Å². The maximum atomic E-state index is 12.8. The first-order valence-electron chi connectivity index (χ1n) is 11.5. The van der Waals surface area contributed by atoms with Crippen LogP contribution in [0.2, 0.25) is 0 Å². The molecular formula is C27H30N4O3. The number of H-pyrrole nitrogens is 1. The van der Waals surface area contributed by atoms with Crippen molar-refractivity contribution in [3.05, 3.63) is 71.5 Å². The molecule has 2 aromatic carbocycles. The zero-order valence-electron chi connectivity index (χ0n) is 19.8. The second kappa shape index (κ2) is 10.4. The molecule has 0 aliphatic carbocycles. The van der Waals surface area contributed by atoms with Crippen LogP contribution >= 0.6 is 0 Å². The van der Waals surface area contributed by atoms with Gasteiger partial charge in [-0.3, -0.25) is 9.59 Å². The van der Waals surface area contributed by atoms with E-state index in [4.69, 9.17) is 4.74 Å². The van der Waals surface area contributed by atoms with Gasteiger partial charge in [-0.2, -0.15) is 0 Å². The number of ether oxygens (including phenoxy) is 1. The molecule has 0 spiro atoms. The summed E-state index contributed by atoms with van der Waals surface area (Å²) in [5, 5.41) is 5.91. The number of aromatic nitrogens is 1. The van der Waals surface area contributed by atoms with Crippen LogP contribution < -0.4 is 15.4 Å². The molecule has 2 heterocycles. The SMILES string of the molecule is CCN(CC)CCNC(=O)c1c[nH]c(C=C2C(=O)Nc3cccc(-c4cccc(OC)c4)c32)c1. The summed E-state index contributed by atoms with van der Waals surface area (Å²) in [5.74, 6) is 0.436. The van der Waals surface area contributed by atoms with Crippen LogP contribution in [0.4, 0.5) is 5.69 Å². The zero-order chi connectivity index (χ0) is 24.1. The molecule has 0 saturated heterocycles. The molecule has 0 radical (unpaired) electrons. The summed E-state index contributed by atoms with van der Waals surface area (Å²) in [7, 11) is 1.63. The van der Waals surface area contributed by atoms with E-state index in [-0.39, 0.29) is 11.8 Å². The molecule has 34 heavy (non-hydrogen) atoms. The lowest BCUT2D eigenvalue weighted by atomic mass is 9.94. The van der Waals surface area contributed by atoms with Crippen molar-refractivity contribution < 1.29 is 14.3 Å². The predicted molar refractivity (Wildman–Crippen MR) is 136 cm³/mol. The van der Waals surface area contributed by atoms with Crippen molar-refractivity contribution >= 4 is 29.2 Å². The third-order valence-corrected chi connectivity index (χ3v) is 6.08. The monoisotopic (exact) mass is 458 g/mol. The Hall–Kier alpha value is -3.84. The molecule has 0 saturated carbocycles. The number of aromatic amines is 1. The van der Waals surface area contributed by atoms with Crippen molar-refractivity contribution in [3.63, 3.8) is 0 Å². The molecule has 1 aliphatic rings. The summed E-state index contributed by atoms with van der Waals surface area (Å²) in [4.78, 5) is 30.8. The first kappa shape index (κ1) is 23.3. The summed E-state index contributed by atoms with van der Waals surface area (Å²) < 4.78 is 5.38. The fourth-order valence-electron chi connectivity index (χ4n) is 4.17. The minimum absolute atomic E-state index is 0.138. The largest absolute Gasteiger partial charge is 0.497 e. The summed E-state index contributed by atoms with van der Waals surface area (Å²) >= 11 is 0. The molecule has 0 atom stereocenters. The molecule has 7 nitrogen and oxygen atoms in total. The highest BCUT2D eigenvalue weighted by Gasteiger charge is 2.27. The van der Waals surface area contributed by atoms with Gasteiger partial charge in [0.2, 0.25) is 0 Å². The predicted octanol–water partition coefficient (Wildman–Crippen LogP) is 4.25. The lowest BCUT2D eigenvalue weighted by molar-refractivity contribution is -0.110. The molecule has 7 heteroatoms. The van der Waals surface area contributed by atoms with Crippen molar-refractivity contribution in [2.24, 2.45) is 0 Å². The molecule has 3 N–H and O–H groups in total. The van der Waals surface area contributed by atoms with Crippen LogP contribution in [0.3, 0.4) is 0 Å². The lowest BCUT2D eigenvalue weighted by Gasteiger charge is -2.17. The molecule has 0 unspecified atom stereocenters. The molecule has 1 aromatic heterocycles. The minimum Gasteiger partial charge on any atom is -0.497 e. The van der Waals surface area contributed by atoms with E-state index in [0.29, 0.717) is 23.4 Å². The quantitative estimate of drug-likeness (QED) is 0.418. The second-order valence-electron chi connectivity index (χ2n) is 8.10. The van der Waals surface area contributed by atoms with E-state index in [9.17, 15) is 9.59 Å². The molecule has 2 amide bonds. The number of fused-ring (bicyclic) bond motifs is 1. The topological polar surface area (TPSA) is 86.5 Å². The van der Waals surface area contributed by atoms with Gasteiger partial charge in [0, 0.05) is 36.2 Å². The number of rotatable bonds is 9. The summed E-state index contributed by atoms with van der Waals surface area (Å²) in [5.41, 5.74) is 5.25. The van der Waals surface area contributed by atoms with Crippen LogP contribution in [0.1, 0.15) is 35.5 Å². The van der Waals surface area contributed by atoms with E-state index in [0.717, 1.165) is 47.8 Å². The van der Waals surface area contributed by atoms with Gasteiger partial charge in [-0.25, -0.2) is 0 Å². The van der Waals surface area contributed by atoms with Crippen molar-refractivity contribution in [1.29, 1.82) is 0 Å². The van der Waals surface area contributed by atoms with E-state index in [1.54, 1.807) is 25.4 Å². The van der Waals surface area contributed by atoms with Gasteiger partial charge >= 0.3 is 0 Å². The Morgan fingerprint density at radius 1 is 1.12 bits per heavy atom. The number of benzene rings is 2. The smallest absolute Gasteiger partial charge is 0.256 e. The van der Waals surface area contributed by atoms with Crippen LogP contribution in [-0.2, 0) is 4.79 Å². The van der Waals surface area contributed by atoms with Crippen LogP contribution in [0.15, 0.2) is 54.7 Å². The van der Waals surface area contributed by atoms with Crippen LogP contribution in [0, 0.1) is 0 Å². The Kier molecular flexibility index (Phi) is 7.13. The highest BCUT2D eigenvalue weighted by Crippen LogP contribution is 2.41.